The average Bonchev–Trinajstić information content (AvgIpc) is 3.08. The Morgan fingerprint density at radius 3 is 2.58 bits per heavy atom. The van der Waals surface area contributed by atoms with Crippen LogP contribution in [-0.4, -0.2) is 15.9 Å². The van der Waals surface area contributed by atoms with Crippen LogP contribution in [-0.2, 0) is 13.0 Å². The maximum absolute atomic E-state index is 4.94. The number of hydrogen-bond acceptors (Lipinski definition) is 2. The van der Waals surface area contributed by atoms with Gasteiger partial charge in [0.15, 0.2) is 0 Å². The van der Waals surface area contributed by atoms with Crippen molar-refractivity contribution < 1.29 is 0 Å². The van der Waals surface area contributed by atoms with Gasteiger partial charge >= 0.3 is 0 Å². The summed E-state index contributed by atoms with van der Waals surface area (Å²) in [6.45, 7) is 1.96. The molecule has 0 bridgehead atoms. The minimum Gasteiger partial charge on any atom is -0.365 e. The van der Waals surface area contributed by atoms with E-state index in [1.807, 2.05) is 0 Å². The largest absolute Gasteiger partial charge is 0.365 e. The Morgan fingerprint density at radius 1 is 0.846 bits per heavy atom. The first-order valence-electron chi connectivity index (χ1n) is 9.24. The van der Waals surface area contributed by atoms with Crippen LogP contribution >= 0.6 is 0 Å². The van der Waals surface area contributed by atoms with Gasteiger partial charge in [0.25, 0.3) is 0 Å². The Balaban J connectivity index is 1.63. The lowest BCUT2D eigenvalue weighted by molar-refractivity contribution is 0.682. The van der Waals surface area contributed by atoms with E-state index in [2.05, 4.69) is 88.3 Å². The fourth-order valence-electron chi connectivity index (χ4n) is 3.98. The predicted molar refractivity (Wildman–Crippen MR) is 106 cm³/mol. The molecule has 0 unspecified atom stereocenters. The normalized spacial score (nSPS) is 13.8. The van der Waals surface area contributed by atoms with E-state index in [0.717, 1.165) is 24.4 Å². The summed E-state index contributed by atoms with van der Waals surface area (Å²) >= 11 is 0. The van der Waals surface area contributed by atoms with E-state index in [-0.39, 0.29) is 0 Å². The summed E-state index contributed by atoms with van der Waals surface area (Å²) in [5, 5.41) is 0. The fraction of sp³-hybridized carbons (Fsp3) is 0.174. The number of imidazole rings is 1. The number of aromatic nitrogens is 2. The van der Waals surface area contributed by atoms with Gasteiger partial charge in [0.1, 0.15) is 5.65 Å². The van der Waals surface area contributed by atoms with Crippen LogP contribution in [0.3, 0.4) is 0 Å². The molecule has 0 amide bonds. The zero-order chi connectivity index (χ0) is 17.3. The van der Waals surface area contributed by atoms with Crippen molar-refractivity contribution >= 4 is 11.3 Å². The number of para-hydroxylation sites is 1. The van der Waals surface area contributed by atoms with E-state index in [4.69, 9.17) is 4.98 Å². The van der Waals surface area contributed by atoms with E-state index >= 15 is 0 Å². The standard InChI is InChI=1S/C23H21N3/c1-2-10-19(11-3-1)23-21(26-16-7-6-14-22(26)24-23)17-25-15-8-12-18-9-4-5-13-20(18)25/h1-7,9-11,13-14,16H,8,12,15,17H2. The molecule has 0 saturated carbocycles. The number of pyridine rings is 1. The third kappa shape index (κ3) is 2.57. The van der Waals surface area contributed by atoms with Crippen LogP contribution in [0.15, 0.2) is 79.0 Å². The predicted octanol–water partition coefficient (Wildman–Crippen LogP) is 4.95. The zero-order valence-electron chi connectivity index (χ0n) is 14.7. The van der Waals surface area contributed by atoms with Crippen molar-refractivity contribution in [1.82, 2.24) is 9.38 Å². The third-order valence-corrected chi connectivity index (χ3v) is 5.22. The van der Waals surface area contributed by atoms with Crippen LogP contribution in [0.1, 0.15) is 17.7 Å². The van der Waals surface area contributed by atoms with Crippen molar-refractivity contribution in [2.45, 2.75) is 19.4 Å². The highest BCUT2D eigenvalue weighted by atomic mass is 15.2. The molecule has 0 N–H and O–H groups in total. The lowest BCUT2D eigenvalue weighted by Gasteiger charge is -2.31. The smallest absolute Gasteiger partial charge is 0.137 e. The summed E-state index contributed by atoms with van der Waals surface area (Å²) in [4.78, 5) is 7.44. The Labute approximate surface area is 153 Å². The SMILES string of the molecule is c1ccc(-c2nc3ccccn3c2CN2CCCc3ccccc32)cc1. The van der Waals surface area contributed by atoms with Crippen molar-refractivity contribution in [3.8, 4) is 11.3 Å². The number of benzene rings is 2. The fourth-order valence-corrected chi connectivity index (χ4v) is 3.98. The maximum Gasteiger partial charge on any atom is 0.137 e. The van der Waals surface area contributed by atoms with Crippen molar-refractivity contribution in [2.75, 3.05) is 11.4 Å². The topological polar surface area (TPSA) is 20.5 Å². The molecule has 3 heteroatoms. The molecule has 5 rings (SSSR count). The van der Waals surface area contributed by atoms with E-state index in [1.54, 1.807) is 0 Å². The second-order valence-electron chi connectivity index (χ2n) is 6.86. The van der Waals surface area contributed by atoms with Crippen molar-refractivity contribution in [3.05, 3.63) is 90.3 Å². The zero-order valence-corrected chi connectivity index (χ0v) is 14.7. The van der Waals surface area contributed by atoms with Gasteiger partial charge in [0.2, 0.25) is 0 Å². The van der Waals surface area contributed by atoms with E-state index in [0.29, 0.717) is 0 Å². The molecule has 3 heterocycles. The summed E-state index contributed by atoms with van der Waals surface area (Å²) < 4.78 is 2.24. The molecule has 0 fully saturated rings. The summed E-state index contributed by atoms with van der Waals surface area (Å²) in [6.07, 6.45) is 4.50. The molecule has 1 aliphatic rings. The van der Waals surface area contributed by atoms with Crippen LogP contribution in [0.2, 0.25) is 0 Å². The summed E-state index contributed by atoms with van der Waals surface area (Å²) in [5.74, 6) is 0. The number of fused-ring (bicyclic) bond motifs is 2. The molecule has 4 aromatic rings. The van der Waals surface area contributed by atoms with Gasteiger partial charge in [-0.1, -0.05) is 54.6 Å². The molecule has 0 radical (unpaired) electrons. The Kier molecular flexibility index (Phi) is 3.71. The highest BCUT2D eigenvalue weighted by Gasteiger charge is 2.21. The van der Waals surface area contributed by atoms with Gasteiger partial charge in [0, 0.05) is 24.0 Å². The molecule has 2 aromatic heterocycles. The Morgan fingerprint density at radius 2 is 1.65 bits per heavy atom. The molecular formula is C23H21N3. The highest BCUT2D eigenvalue weighted by molar-refractivity contribution is 5.67. The second-order valence-corrected chi connectivity index (χ2v) is 6.86. The molecule has 0 saturated heterocycles. The number of hydrogen-bond donors (Lipinski definition) is 0. The highest BCUT2D eigenvalue weighted by Crippen LogP contribution is 2.31. The van der Waals surface area contributed by atoms with Gasteiger partial charge in [-0.25, -0.2) is 4.98 Å². The quantitative estimate of drug-likeness (QED) is 0.526. The molecule has 0 spiro atoms. The Bertz CT molecular complexity index is 1050. The molecule has 2 aromatic carbocycles. The van der Waals surface area contributed by atoms with E-state index < -0.39 is 0 Å². The third-order valence-electron chi connectivity index (χ3n) is 5.22. The molecule has 0 aliphatic carbocycles. The van der Waals surface area contributed by atoms with Gasteiger partial charge in [-0.05, 0) is 36.6 Å². The van der Waals surface area contributed by atoms with Crippen LogP contribution in [0, 0.1) is 0 Å². The van der Waals surface area contributed by atoms with Gasteiger partial charge in [-0.3, -0.25) is 0 Å². The van der Waals surface area contributed by atoms with Gasteiger partial charge < -0.3 is 9.30 Å². The Hall–Kier alpha value is -3.07. The van der Waals surface area contributed by atoms with Crippen molar-refractivity contribution in [1.29, 1.82) is 0 Å². The number of nitrogens with zero attached hydrogens (tertiary/aromatic N) is 3. The monoisotopic (exact) mass is 339 g/mol. The van der Waals surface area contributed by atoms with Crippen molar-refractivity contribution in [2.24, 2.45) is 0 Å². The first-order chi connectivity index (χ1) is 12.9. The number of aryl methyl sites for hydroxylation is 1. The lowest BCUT2D eigenvalue weighted by atomic mass is 10.0. The first kappa shape index (κ1) is 15.2. The molecule has 0 atom stereocenters. The van der Waals surface area contributed by atoms with E-state index in [1.165, 1.54) is 35.3 Å². The molecule has 128 valence electrons. The van der Waals surface area contributed by atoms with Crippen LogP contribution < -0.4 is 4.90 Å². The van der Waals surface area contributed by atoms with Crippen LogP contribution in [0.5, 0.6) is 0 Å². The number of anilines is 1. The molecule has 3 nitrogen and oxygen atoms in total. The van der Waals surface area contributed by atoms with Gasteiger partial charge in [0.05, 0.1) is 17.9 Å². The van der Waals surface area contributed by atoms with Gasteiger partial charge in [-0.2, -0.15) is 0 Å². The minimum absolute atomic E-state index is 0.867. The minimum atomic E-state index is 0.867. The molecule has 1 aliphatic heterocycles. The number of rotatable bonds is 3. The average molecular weight is 339 g/mol. The lowest BCUT2D eigenvalue weighted by Crippen LogP contribution is -2.29. The van der Waals surface area contributed by atoms with Crippen molar-refractivity contribution in [3.63, 3.8) is 0 Å². The van der Waals surface area contributed by atoms with Gasteiger partial charge in [-0.15, -0.1) is 0 Å². The summed E-state index contributed by atoms with van der Waals surface area (Å²) in [6, 6.07) is 25.5. The second kappa shape index (κ2) is 6.34. The van der Waals surface area contributed by atoms with Crippen LogP contribution in [0.25, 0.3) is 16.9 Å². The summed E-state index contributed by atoms with van der Waals surface area (Å²) in [7, 11) is 0. The summed E-state index contributed by atoms with van der Waals surface area (Å²) in [5.41, 5.74) is 7.34. The molecular weight excluding hydrogens is 318 g/mol. The van der Waals surface area contributed by atoms with E-state index in [9.17, 15) is 0 Å². The van der Waals surface area contributed by atoms with Crippen LogP contribution in [0.4, 0.5) is 5.69 Å². The first-order valence-corrected chi connectivity index (χ1v) is 9.24. The molecule has 26 heavy (non-hydrogen) atoms. The maximum atomic E-state index is 4.94.